The zero-order chi connectivity index (χ0) is 11.3. The molecule has 1 aromatic carbocycles. The number of pyridine rings is 1. The van der Waals surface area contributed by atoms with Gasteiger partial charge in [0.1, 0.15) is 0 Å². The van der Waals surface area contributed by atoms with Crippen molar-refractivity contribution < 1.29 is 0 Å². The fourth-order valence-corrected chi connectivity index (χ4v) is 3.41. The fraction of sp³-hybridized carbons (Fsp3) is 0.308. The molecule has 1 aliphatic carbocycles. The number of nitrogens with zero attached hydrogens (tertiary/aromatic N) is 1. The molecule has 0 bridgehead atoms. The molecule has 0 unspecified atom stereocenters. The van der Waals surface area contributed by atoms with E-state index >= 15 is 0 Å². The first-order valence-corrected chi connectivity index (χ1v) is 6.61. The van der Waals surface area contributed by atoms with Crippen LogP contribution in [0.1, 0.15) is 23.2 Å². The van der Waals surface area contributed by atoms with Gasteiger partial charge >= 0.3 is 0 Å². The molecule has 1 nitrogen and oxygen atoms in total. The quantitative estimate of drug-likeness (QED) is 0.700. The summed E-state index contributed by atoms with van der Waals surface area (Å²) >= 11 is 10.0. The van der Waals surface area contributed by atoms with E-state index in [0.717, 1.165) is 33.2 Å². The number of aromatic nitrogens is 1. The van der Waals surface area contributed by atoms with Crippen LogP contribution in [-0.2, 0) is 12.8 Å². The van der Waals surface area contributed by atoms with Crippen LogP contribution in [0.4, 0.5) is 0 Å². The van der Waals surface area contributed by atoms with Crippen molar-refractivity contribution in [2.24, 2.45) is 0 Å². The first-order valence-electron chi connectivity index (χ1n) is 5.44. The molecule has 1 heterocycles. The Labute approximate surface area is 108 Å². The van der Waals surface area contributed by atoms with Gasteiger partial charge in [0.15, 0.2) is 0 Å². The van der Waals surface area contributed by atoms with Crippen LogP contribution >= 0.6 is 27.5 Å². The van der Waals surface area contributed by atoms with Crippen molar-refractivity contribution in [1.29, 1.82) is 0 Å². The van der Waals surface area contributed by atoms with Crippen LogP contribution in [-0.4, -0.2) is 4.98 Å². The Morgan fingerprint density at radius 3 is 2.94 bits per heavy atom. The van der Waals surface area contributed by atoms with Crippen molar-refractivity contribution in [3.63, 3.8) is 0 Å². The SMILES string of the molecule is Cc1cc(Br)c2nc3c(c(Cl)c2c1)CCC3. The summed E-state index contributed by atoms with van der Waals surface area (Å²) in [5, 5.41) is 1.98. The van der Waals surface area contributed by atoms with E-state index in [1.54, 1.807) is 0 Å². The van der Waals surface area contributed by atoms with Gasteiger partial charge in [-0.05, 0) is 65.4 Å². The van der Waals surface area contributed by atoms with Crippen LogP contribution in [0.15, 0.2) is 16.6 Å². The molecule has 0 saturated heterocycles. The molecule has 2 aromatic rings. The van der Waals surface area contributed by atoms with Crippen LogP contribution in [0, 0.1) is 6.92 Å². The number of hydrogen-bond donors (Lipinski definition) is 0. The number of fused-ring (bicyclic) bond motifs is 2. The topological polar surface area (TPSA) is 12.9 Å². The molecule has 0 amide bonds. The van der Waals surface area contributed by atoms with Gasteiger partial charge in [0.05, 0.1) is 10.5 Å². The Morgan fingerprint density at radius 2 is 2.12 bits per heavy atom. The van der Waals surface area contributed by atoms with E-state index in [2.05, 4.69) is 35.0 Å². The molecular weight excluding hydrogens is 286 g/mol. The maximum atomic E-state index is 6.47. The molecule has 16 heavy (non-hydrogen) atoms. The first-order chi connectivity index (χ1) is 7.66. The molecule has 0 saturated carbocycles. The maximum Gasteiger partial charge on any atom is 0.0862 e. The maximum absolute atomic E-state index is 6.47. The monoisotopic (exact) mass is 295 g/mol. The molecule has 0 spiro atoms. The van der Waals surface area contributed by atoms with E-state index in [-0.39, 0.29) is 0 Å². The largest absolute Gasteiger partial charge is 0.251 e. The van der Waals surface area contributed by atoms with Gasteiger partial charge in [0, 0.05) is 15.6 Å². The van der Waals surface area contributed by atoms with Crippen molar-refractivity contribution in [3.8, 4) is 0 Å². The highest BCUT2D eigenvalue weighted by atomic mass is 79.9. The smallest absolute Gasteiger partial charge is 0.0862 e. The Hall–Kier alpha value is -0.600. The third-order valence-corrected chi connectivity index (χ3v) is 4.18. The zero-order valence-corrected chi connectivity index (χ0v) is 11.3. The lowest BCUT2D eigenvalue weighted by molar-refractivity contribution is 0.901. The van der Waals surface area contributed by atoms with E-state index in [4.69, 9.17) is 16.6 Å². The Bertz CT molecular complexity index is 592. The molecule has 0 fully saturated rings. The second-order valence-corrected chi connectivity index (χ2v) is 5.58. The zero-order valence-electron chi connectivity index (χ0n) is 8.98. The predicted molar refractivity (Wildman–Crippen MR) is 71.2 cm³/mol. The minimum Gasteiger partial charge on any atom is -0.251 e. The van der Waals surface area contributed by atoms with Crippen molar-refractivity contribution in [2.45, 2.75) is 26.2 Å². The van der Waals surface area contributed by atoms with Crippen LogP contribution in [0.2, 0.25) is 5.02 Å². The number of benzene rings is 1. The van der Waals surface area contributed by atoms with Gasteiger partial charge in [-0.3, -0.25) is 4.98 Å². The first kappa shape index (κ1) is 10.5. The Kier molecular flexibility index (Phi) is 2.45. The van der Waals surface area contributed by atoms with Crippen molar-refractivity contribution in [1.82, 2.24) is 4.98 Å². The van der Waals surface area contributed by atoms with E-state index in [0.29, 0.717) is 0 Å². The third-order valence-electron chi connectivity index (χ3n) is 3.14. The molecule has 1 aromatic heterocycles. The van der Waals surface area contributed by atoms with Gasteiger partial charge in [-0.2, -0.15) is 0 Å². The summed E-state index contributed by atoms with van der Waals surface area (Å²) in [5.74, 6) is 0. The number of hydrogen-bond acceptors (Lipinski definition) is 1. The summed E-state index contributed by atoms with van der Waals surface area (Å²) in [7, 11) is 0. The second kappa shape index (κ2) is 3.71. The highest BCUT2D eigenvalue weighted by Gasteiger charge is 2.19. The Morgan fingerprint density at radius 1 is 1.31 bits per heavy atom. The molecule has 3 heteroatoms. The standard InChI is InChI=1S/C13H11BrClN/c1-7-5-9-12(15)8-3-2-4-11(8)16-13(9)10(14)6-7/h5-6H,2-4H2,1H3. The summed E-state index contributed by atoms with van der Waals surface area (Å²) in [5.41, 5.74) is 4.64. The average molecular weight is 297 g/mol. The lowest BCUT2D eigenvalue weighted by Crippen LogP contribution is -1.93. The summed E-state index contributed by atoms with van der Waals surface area (Å²) in [6.07, 6.45) is 3.31. The summed E-state index contributed by atoms with van der Waals surface area (Å²) in [6, 6.07) is 4.21. The normalized spacial score (nSPS) is 14.4. The van der Waals surface area contributed by atoms with E-state index in [9.17, 15) is 0 Å². The minimum atomic E-state index is 0.905. The molecular formula is C13H11BrClN. The lowest BCUT2D eigenvalue weighted by Gasteiger charge is -2.09. The highest BCUT2D eigenvalue weighted by Crippen LogP contribution is 2.36. The van der Waals surface area contributed by atoms with Gasteiger partial charge in [-0.15, -0.1) is 0 Å². The lowest BCUT2D eigenvalue weighted by atomic mass is 10.1. The van der Waals surface area contributed by atoms with Crippen LogP contribution in [0.25, 0.3) is 10.9 Å². The number of halogens is 2. The second-order valence-electron chi connectivity index (χ2n) is 4.35. The van der Waals surface area contributed by atoms with Gasteiger partial charge < -0.3 is 0 Å². The molecule has 0 N–H and O–H groups in total. The summed E-state index contributed by atoms with van der Waals surface area (Å²) < 4.78 is 1.04. The van der Waals surface area contributed by atoms with E-state index < -0.39 is 0 Å². The molecule has 0 atom stereocenters. The Balaban J connectivity index is 2.46. The van der Waals surface area contributed by atoms with Gasteiger partial charge in [0.25, 0.3) is 0 Å². The van der Waals surface area contributed by atoms with Crippen molar-refractivity contribution >= 4 is 38.4 Å². The third kappa shape index (κ3) is 1.47. The van der Waals surface area contributed by atoms with Gasteiger partial charge in [0.2, 0.25) is 0 Å². The van der Waals surface area contributed by atoms with Crippen LogP contribution in [0.5, 0.6) is 0 Å². The molecule has 0 radical (unpaired) electrons. The molecule has 3 rings (SSSR count). The van der Waals surface area contributed by atoms with E-state index in [1.165, 1.54) is 23.2 Å². The minimum absolute atomic E-state index is 0.905. The summed E-state index contributed by atoms with van der Waals surface area (Å²) in [4.78, 5) is 4.73. The molecule has 1 aliphatic rings. The van der Waals surface area contributed by atoms with Crippen molar-refractivity contribution in [3.05, 3.63) is 38.4 Å². The molecule has 82 valence electrons. The van der Waals surface area contributed by atoms with E-state index in [1.807, 2.05) is 0 Å². The number of rotatable bonds is 0. The molecule has 0 aliphatic heterocycles. The predicted octanol–water partition coefficient (Wildman–Crippen LogP) is 4.45. The average Bonchev–Trinajstić information content (AvgIpc) is 2.68. The highest BCUT2D eigenvalue weighted by molar-refractivity contribution is 9.10. The number of aryl methyl sites for hydroxylation is 2. The van der Waals surface area contributed by atoms with Gasteiger partial charge in [-0.25, -0.2) is 0 Å². The fourth-order valence-electron chi connectivity index (χ4n) is 2.40. The summed E-state index contributed by atoms with van der Waals surface area (Å²) in [6.45, 7) is 2.08. The van der Waals surface area contributed by atoms with Crippen LogP contribution in [0.3, 0.4) is 0 Å². The van der Waals surface area contributed by atoms with Crippen LogP contribution < -0.4 is 0 Å². The van der Waals surface area contributed by atoms with Crippen molar-refractivity contribution in [2.75, 3.05) is 0 Å². The van der Waals surface area contributed by atoms with Gasteiger partial charge in [-0.1, -0.05) is 11.6 Å².